The van der Waals surface area contributed by atoms with E-state index in [1.54, 1.807) is 30.5 Å². The Morgan fingerprint density at radius 1 is 1.11 bits per heavy atom. The Hall–Kier alpha value is -3.17. The molecule has 0 spiro atoms. The van der Waals surface area contributed by atoms with Crippen LogP contribution in [0.1, 0.15) is 60.0 Å². The smallest absolute Gasteiger partial charge is 0.255 e. The van der Waals surface area contributed by atoms with Crippen molar-refractivity contribution in [2.75, 3.05) is 6.54 Å². The van der Waals surface area contributed by atoms with Gasteiger partial charge in [0, 0.05) is 54.9 Å². The molecule has 3 aliphatic heterocycles. The van der Waals surface area contributed by atoms with Gasteiger partial charge in [0.25, 0.3) is 5.91 Å². The normalized spacial score (nSPS) is 28.3. The van der Waals surface area contributed by atoms with Gasteiger partial charge in [-0.05, 0) is 48.9 Å². The van der Waals surface area contributed by atoms with Gasteiger partial charge in [0.1, 0.15) is 18.0 Å². The molecule has 0 unspecified atom stereocenters. The maximum atomic E-state index is 15.7. The number of nitrogens with one attached hydrogen (secondary N) is 1. The minimum Gasteiger partial charge on any atom is -0.378 e. The summed E-state index contributed by atoms with van der Waals surface area (Å²) in [4.78, 5) is 44.5. The number of rotatable bonds is 4. The molecule has 1 saturated carbocycles. The molecule has 2 saturated heterocycles. The third kappa shape index (κ3) is 3.90. The Labute approximate surface area is 208 Å². The Balaban J connectivity index is 1.23. The topological polar surface area (TPSA) is 103 Å². The van der Waals surface area contributed by atoms with Crippen LogP contribution in [0.2, 0.25) is 0 Å². The zero-order valence-corrected chi connectivity index (χ0v) is 20.0. The van der Waals surface area contributed by atoms with E-state index >= 15 is 4.39 Å². The molecule has 36 heavy (non-hydrogen) atoms. The summed E-state index contributed by atoms with van der Waals surface area (Å²) in [5.74, 6) is -0.741. The van der Waals surface area contributed by atoms with E-state index in [9.17, 15) is 19.5 Å². The van der Waals surface area contributed by atoms with Crippen molar-refractivity contribution in [1.29, 1.82) is 0 Å². The van der Waals surface area contributed by atoms with Crippen molar-refractivity contribution in [3.05, 3.63) is 53.0 Å². The van der Waals surface area contributed by atoms with Gasteiger partial charge in [-0.2, -0.15) is 0 Å². The first-order valence-electron chi connectivity index (χ1n) is 12.7. The minimum atomic E-state index is -0.695. The first-order valence-corrected chi connectivity index (χ1v) is 12.7. The molecule has 3 fully saturated rings. The number of hydrogen-bond donors (Lipinski definition) is 2. The third-order valence-corrected chi connectivity index (χ3v) is 8.33. The second-order valence-corrected chi connectivity index (χ2v) is 10.5. The molecule has 0 radical (unpaired) electrons. The number of halogens is 1. The van der Waals surface area contributed by atoms with Crippen molar-refractivity contribution < 1.29 is 23.9 Å². The summed E-state index contributed by atoms with van der Waals surface area (Å²) in [6, 6.07) is 6.06. The summed E-state index contributed by atoms with van der Waals surface area (Å²) >= 11 is 0. The summed E-state index contributed by atoms with van der Waals surface area (Å²) in [6.07, 6.45) is 5.99. The quantitative estimate of drug-likeness (QED) is 0.636. The summed E-state index contributed by atoms with van der Waals surface area (Å²) in [5, 5.41) is 13.1. The predicted molar refractivity (Wildman–Crippen MR) is 128 cm³/mol. The standard InChI is InChI=1S/C27H29FN4O4/c28-23-17(13-31-12-16-3-1-2-4-19(16)26(31)35)9-10-29-24(23)15-5-6-20-18(11-15)14-32(27(20)36)21-7-8-22(33)30-25(21)34/h5-6,9-11,16,19,21,26,35H,1-4,7-8,12-14H2,(H,30,33,34)/t16-,19+,21+,26+/m1/s1. The number of hydrogen-bond acceptors (Lipinski definition) is 6. The number of carbonyl (C=O) groups excluding carboxylic acids is 3. The third-order valence-electron chi connectivity index (χ3n) is 8.33. The molecule has 4 heterocycles. The maximum Gasteiger partial charge on any atom is 0.255 e. The molecule has 2 aromatic rings. The molecular formula is C27H29FN4O4. The van der Waals surface area contributed by atoms with Crippen molar-refractivity contribution in [3.63, 3.8) is 0 Å². The molecule has 188 valence electrons. The lowest BCUT2D eigenvalue weighted by molar-refractivity contribution is -0.136. The van der Waals surface area contributed by atoms with Crippen LogP contribution < -0.4 is 5.32 Å². The molecule has 8 nitrogen and oxygen atoms in total. The number of piperidine rings is 1. The maximum absolute atomic E-state index is 15.7. The lowest BCUT2D eigenvalue weighted by Crippen LogP contribution is -2.52. The average molecular weight is 493 g/mol. The second-order valence-electron chi connectivity index (χ2n) is 10.5. The van der Waals surface area contributed by atoms with Gasteiger partial charge in [-0.1, -0.05) is 18.9 Å². The number of nitrogens with zero attached hydrogens (tertiary/aromatic N) is 3. The van der Waals surface area contributed by atoms with Crippen molar-refractivity contribution >= 4 is 17.7 Å². The highest BCUT2D eigenvalue weighted by Gasteiger charge is 2.42. The van der Waals surface area contributed by atoms with Gasteiger partial charge in [-0.3, -0.25) is 29.6 Å². The van der Waals surface area contributed by atoms with E-state index in [1.165, 1.54) is 11.3 Å². The van der Waals surface area contributed by atoms with Crippen LogP contribution >= 0.6 is 0 Å². The van der Waals surface area contributed by atoms with Crippen LogP contribution in [-0.2, 0) is 22.7 Å². The lowest BCUT2D eigenvalue weighted by Gasteiger charge is -2.29. The summed E-state index contributed by atoms with van der Waals surface area (Å²) < 4.78 is 15.7. The molecule has 6 rings (SSSR count). The van der Waals surface area contributed by atoms with Crippen LogP contribution in [0.4, 0.5) is 4.39 Å². The molecule has 2 N–H and O–H groups in total. The molecule has 3 amide bonds. The number of fused-ring (bicyclic) bond motifs is 2. The van der Waals surface area contributed by atoms with E-state index in [2.05, 4.69) is 10.3 Å². The summed E-state index contributed by atoms with van der Waals surface area (Å²) in [5.41, 5.74) is 2.42. The van der Waals surface area contributed by atoms with Gasteiger partial charge in [-0.25, -0.2) is 4.39 Å². The van der Waals surface area contributed by atoms with Crippen molar-refractivity contribution in [1.82, 2.24) is 20.1 Å². The number of likely N-dealkylation sites (tertiary alicyclic amines) is 1. The predicted octanol–water partition coefficient (Wildman–Crippen LogP) is 2.59. The van der Waals surface area contributed by atoms with Crippen LogP contribution in [0, 0.1) is 17.7 Å². The Kier molecular flexibility index (Phi) is 5.84. The number of benzene rings is 1. The number of amides is 3. The van der Waals surface area contributed by atoms with E-state index in [0.29, 0.717) is 41.1 Å². The zero-order chi connectivity index (χ0) is 25.0. The van der Waals surface area contributed by atoms with E-state index in [4.69, 9.17) is 0 Å². The fraction of sp³-hybridized carbons (Fsp3) is 0.481. The molecule has 4 atom stereocenters. The van der Waals surface area contributed by atoms with Crippen LogP contribution in [0.15, 0.2) is 30.5 Å². The summed E-state index contributed by atoms with van der Waals surface area (Å²) in [6.45, 7) is 1.32. The molecule has 4 aliphatic rings. The van der Waals surface area contributed by atoms with Gasteiger partial charge >= 0.3 is 0 Å². The number of aliphatic hydroxyl groups excluding tert-OH is 1. The first kappa shape index (κ1) is 23.2. The number of carbonyl (C=O) groups is 3. The van der Waals surface area contributed by atoms with Crippen LogP contribution in [0.5, 0.6) is 0 Å². The zero-order valence-electron chi connectivity index (χ0n) is 20.0. The summed E-state index contributed by atoms with van der Waals surface area (Å²) in [7, 11) is 0. The number of aliphatic hydroxyl groups is 1. The highest BCUT2D eigenvalue weighted by Crippen LogP contribution is 2.40. The van der Waals surface area contributed by atoms with Gasteiger partial charge in [0.15, 0.2) is 5.82 Å². The highest BCUT2D eigenvalue weighted by molar-refractivity contribution is 6.05. The Bertz CT molecular complexity index is 1250. The highest BCUT2D eigenvalue weighted by atomic mass is 19.1. The van der Waals surface area contributed by atoms with E-state index < -0.39 is 24.0 Å². The molecule has 1 aromatic carbocycles. The Morgan fingerprint density at radius 3 is 2.75 bits per heavy atom. The minimum absolute atomic E-state index is 0.191. The van der Waals surface area contributed by atoms with E-state index in [0.717, 1.165) is 25.8 Å². The molecular weight excluding hydrogens is 463 g/mol. The SMILES string of the molecule is O=C1CC[C@H](N2Cc3cc(-c4nccc(CN5C[C@H]6CCCC[C@@H]6[C@@H]5O)c4F)ccc3C2=O)C(=O)N1. The van der Waals surface area contributed by atoms with Gasteiger partial charge in [-0.15, -0.1) is 0 Å². The number of aromatic nitrogens is 1. The lowest BCUT2D eigenvalue weighted by atomic mass is 9.81. The largest absolute Gasteiger partial charge is 0.378 e. The molecule has 9 heteroatoms. The Morgan fingerprint density at radius 2 is 1.94 bits per heavy atom. The molecule has 1 aromatic heterocycles. The van der Waals surface area contributed by atoms with Gasteiger partial charge < -0.3 is 10.0 Å². The monoisotopic (exact) mass is 492 g/mol. The van der Waals surface area contributed by atoms with Crippen LogP contribution in [0.25, 0.3) is 11.3 Å². The van der Waals surface area contributed by atoms with Crippen molar-refractivity contribution in [2.45, 2.75) is 63.9 Å². The number of pyridine rings is 1. The molecule has 0 bridgehead atoms. The van der Waals surface area contributed by atoms with E-state index in [-0.39, 0.29) is 36.4 Å². The van der Waals surface area contributed by atoms with Crippen LogP contribution in [0.3, 0.4) is 0 Å². The fourth-order valence-electron chi connectivity index (χ4n) is 6.44. The van der Waals surface area contributed by atoms with Gasteiger partial charge in [0.2, 0.25) is 11.8 Å². The van der Waals surface area contributed by atoms with Crippen LogP contribution in [-0.4, -0.2) is 56.4 Å². The van der Waals surface area contributed by atoms with Gasteiger partial charge in [0.05, 0.1) is 0 Å². The molecule has 1 aliphatic carbocycles. The van der Waals surface area contributed by atoms with Crippen molar-refractivity contribution in [2.24, 2.45) is 11.8 Å². The average Bonchev–Trinajstić information content (AvgIpc) is 3.36. The first-order chi connectivity index (χ1) is 17.4. The van der Waals surface area contributed by atoms with Crippen molar-refractivity contribution in [3.8, 4) is 11.3 Å². The number of imide groups is 1. The second kappa shape index (κ2) is 9.05. The fourth-order valence-corrected chi connectivity index (χ4v) is 6.44. The van der Waals surface area contributed by atoms with E-state index in [1.807, 2.05) is 4.90 Å².